The van der Waals surface area contributed by atoms with Crippen molar-refractivity contribution in [3.8, 4) is 0 Å². The van der Waals surface area contributed by atoms with Gasteiger partial charge in [0.1, 0.15) is 0 Å². The van der Waals surface area contributed by atoms with Gasteiger partial charge in [0.05, 0.1) is 0 Å². The van der Waals surface area contributed by atoms with E-state index in [4.69, 9.17) is 0 Å². The molecule has 0 atom stereocenters. The van der Waals surface area contributed by atoms with Gasteiger partial charge >= 0.3 is 5.42 Å². The Morgan fingerprint density at radius 1 is 0.821 bits per heavy atom. The minimum atomic E-state index is -3.30. The monoisotopic (exact) mass is 389 g/mol. The first-order valence-corrected chi connectivity index (χ1v) is 10.9. The summed E-state index contributed by atoms with van der Waals surface area (Å²) in [5.74, 6) is -0.332. The maximum absolute atomic E-state index is 12.9. The lowest BCUT2D eigenvalue weighted by Crippen LogP contribution is -2.25. The normalized spacial score (nSPS) is 10.9. The van der Waals surface area contributed by atoms with E-state index in [1.807, 2.05) is 42.5 Å². The van der Waals surface area contributed by atoms with Crippen molar-refractivity contribution in [1.82, 2.24) is 0 Å². The number of diazo groups is 1. The number of rotatable bonds is 7. The van der Waals surface area contributed by atoms with E-state index in [0.29, 0.717) is 17.0 Å². The summed E-state index contributed by atoms with van der Waals surface area (Å²) < 4.78 is 0. The Hall–Kier alpha value is -2.99. The van der Waals surface area contributed by atoms with E-state index in [1.165, 1.54) is 0 Å². The van der Waals surface area contributed by atoms with Crippen LogP contribution in [0.5, 0.6) is 0 Å². The topological polar surface area (TPSA) is 65.5 Å². The zero-order valence-corrected chi connectivity index (χ0v) is 16.4. The van der Waals surface area contributed by atoms with Crippen LogP contribution in [0.15, 0.2) is 91.0 Å². The summed E-state index contributed by atoms with van der Waals surface area (Å²) in [6.07, 6.45) is 1.57. The van der Waals surface area contributed by atoms with Gasteiger partial charge in [-0.15, -0.1) is 0 Å². The fourth-order valence-corrected chi connectivity index (χ4v) is 5.79. The van der Waals surface area contributed by atoms with Crippen LogP contribution in [0.2, 0.25) is 0 Å². The lowest BCUT2D eigenvalue weighted by Gasteiger charge is -2.17. The Bertz CT molecular complexity index is 983. The fraction of sp³-hybridized carbons (Fsp3) is 0.130. The van der Waals surface area contributed by atoms with Crippen LogP contribution in [0.25, 0.3) is 4.98 Å². The van der Waals surface area contributed by atoms with Crippen LogP contribution in [0.1, 0.15) is 18.4 Å². The molecule has 0 unspecified atom stereocenters. The zero-order valence-electron chi connectivity index (χ0n) is 15.5. The van der Waals surface area contributed by atoms with E-state index >= 15 is 0 Å². The number of Topliss-reactive ketones (excluding diaryl/α,β-unsaturated/α-hetero) is 1. The summed E-state index contributed by atoms with van der Waals surface area (Å²) in [5, 5.41) is 10.9. The molecule has 0 aliphatic carbocycles. The molecule has 0 spiro atoms. The molecule has 5 heteroatoms. The highest BCUT2D eigenvalue weighted by Crippen LogP contribution is 2.43. The Balaban J connectivity index is 1.97. The SMILES string of the molecule is N#[N+]C(C(=O)CCCc1ccccc1)=P(O)(c1ccccc1)c1ccccc1. The second kappa shape index (κ2) is 9.28. The molecule has 1 N–H and O–H groups in total. The molecular formula is C23H22N2O2P+. The van der Waals surface area contributed by atoms with Crippen molar-refractivity contribution in [3.63, 3.8) is 0 Å². The molecule has 0 bridgehead atoms. The summed E-state index contributed by atoms with van der Waals surface area (Å²) in [5.41, 5.74) is 0.993. The lowest BCUT2D eigenvalue weighted by atomic mass is 10.1. The number of nitrogens with zero attached hydrogens (tertiary/aromatic N) is 2. The number of hydrogen-bond acceptors (Lipinski definition) is 3. The Kier molecular flexibility index (Phi) is 6.55. The fourth-order valence-electron chi connectivity index (χ4n) is 3.19. The third kappa shape index (κ3) is 4.28. The van der Waals surface area contributed by atoms with Gasteiger partial charge in [-0.2, -0.15) is 0 Å². The van der Waals surface area contributed by atoms with Crippen LogP contribution in [-0.2, 0) is 11.2 Å². The van der Waals surface area contributed by atoms with E-state index < -0.39 is 7.11 Å². The second-order valence-corrected chi connectivity index (χ2v) is 9.22. The average molecular weight is 389 g/mol. The van der Waals surface area contributed by atoms with Crippen molar-refractivity contribution in [2.75, 3.05) is 0 Å². The minimum absolute atomic E-state index is 0.155. The van der Waals surface area contributed by atoms with Crippen LogP contribution in [0, 0.1) is 5.39 Å². The number of aryl methyl sites for hydroxylation is 1. The van der Waals surface area contributed by atoms with Crippen LogP contribution < -0.4 is 10.6 Å². The number of ketones is 1. The number of carbonyl (C=O) groups is 1. The van der Waals surface area contributed by atoms with Crippen LogP contribution in [-0.4, -0.2) is 16.1 Å². The summed E-state index contributed by atoms with van der Waals surface area (Å²) in [7, 11) is -3.30. The molecular weight excluding hydrogens is 367 g/mol. The Morgan fingerprint density at radius 3 is 1.75 bits per heavy atom. The van der Waals surface area contributed by atoms with Gasteiger partial charge in [0.15, 0.2) is 12.1 Å². The maximum atomic E-state index is 12.9. The van der Waals surface area contributed by atoms with E-state index in [2.05, 4.69) is 4.98 Å². The van der Waals surface area contributed by atoms with Gasteiger partial charge in [0.2, 0.25) is 5.39 Å². The predicted molar refractivity (Wildman–Crippen MR) is 116 cm³/mol. The maximum Gasteiger partial charge on any atom is 0.450 e. The first-order chi connectivity index (χ1) is 13.7. The van der Waals surface area contributed by atoms with Gasteiger partial charge in [0, 0.05) is 17.0 Å². The van der Waals surface area contributed by atoms with Crippen LogP contribution in [0.4, 0.5) is 0 Å². The molecule has 0 heterocycles. The standard InChI is InChI=1S/C23H21N2O2P/c24-25-23(22(26)18-10-13-19-11-4-1-5-12-19)28(27,20-14-6-2-7-15-20)21-16-8-3-9-17-21/h1-9,11-12,14-17H,10,13,18H2/p+1. The highest BCUT2D eigenvalue weighted by atomic mass is 31.2. The summed E-state index contributed by atoms with van der Waals surface area (Å²) in [6.45, 7) is 0. The van der Waals surface area contributed by atoms with Crippen LogP contribution >= 0.6 is 7.11 Å². The molecule has 0 fully saturated rings. The highest BCUT2D eigenvalue weighted by molar-refractivity contribution is 7.86. The molecule has 28 heavy (non-hydrogen) atoms. The van der Waals surface area contributed by atoms with Gasteiger partial charge in [-0.3, -0.25) is 4.79 Å². The van der Waals surface area contributed by atoms with Crippen molar-refractivity contribution in [2.24, 2.45) is 0 Å². The average Bonchev–Trinajstić information content (AvgIpc) is 2.76. The third-order valence-electron chi connectivity index (χ3n) is 4.62. The molecule has 0 aliphatic heterocycles. The Morgan fingerprint density at radius 2 is 1.29 bits per heavy atom. The van der Waals surface area contributed by atoms with E-state index in [0.717, 1.165) is 12.0 Å². The number of benzene rings is 3. The summed E-state index contributed by atoms with van der Waals surface area (Å²) in [4.78, 5) is 27.9. The highest BCUT2D eigenvalue weighted by Gasteiger charge is 2.39. The molecule has 3 rings (SSSR count). The van der Waals surface area contributed by atoms with Gasteiger partial charge in [0.25, 0.3) is 5.78 Å². The van der Waals surface area contributed by atoms with Gasteiger partial charge in [-0.05, 0) is 18.4 Å². The molecule has 0 saturated carbocycles. The van der Waals surface area contributed by atoms with Crippen molar-refractivity contribution in [2.45, 2.75) is 19.3 Å². The Labute approximate surface area is 165 Å². The molecule has 4 nitrogen and oxygen atoms in total. The largest absolute Gasteiger partial charge is 0.450 e. The van der Waals surface area contributed by atoms with Crippen molar-refractivity contribution >= 4 is 28.9 Å². The van der Waals surface area contributed by atoms with E-state index in [9.17, 15) is 15.1 Å². The minimum Gasteiger partial charge on any atom is -0.360 e. The quantitative estimate of drug-likeness (QED) is 0.488. The molecule has 0 amide bonds. The third-order valence-corrected chi connectivity index (χ3v) is 7.67. The van der Waals surface area contributed by atoms with Gasteiger partial charge in [-0.25, -0.2) is 0 Å². The van der Waals surface area contributed by atoms with Gasteiger partial charge < -0.3 is 4.89 Å². The molecule has 3 aromatic rings. The number of carbonyl (C=O) groups excluding carboxylic acids is 1. The zero-order chi connectivity index (χ0) is 19.8. The lowest BCUT2D eigenvalue weighted by molar-refractivity contribution is -0.112. The van der Waals surface area contributed by atoms with Crippen LogP contribution in [0.3, 0.4) is 0 Å². The molecule has 0 saturated heterocycles. The molecule has 0 radical (unpaired) electrons. The second-order valence-electron chi connectivity index (χ2n) is 6.49. The number of hydrogen-bond donors (Lipinski definition) is 1. The molecule has 3 aromatic carbocycles. The smallest absolute Gasteiger partial charge is 0.360 e. The predicted octanol–water partition coefficient (Wildman–Crippen LogP) is 4.14. The van der Waals surface area contributed by atoms with E-state index in [1.54, 1.807) is 48.5 Å². The molecule has 140 valence electrons. The van der Waals surface area contributed by atoms with Crippen molar-refractivity contribution in [3.05, 3.63) is 102 Å². The van der Waals surface area contributed by atoms with Gasteiger partial charge in [-0.1, -0.05) is 91.0 Å². The van der Waals surface area contributed by atoms with Crippen molar-refractivity contribution < 1.29 is 9.69 Å². The molecule has 0 aliphatic rings. The summed E-state index contributed by atoms with van der Waals surface area (Å²) in [6, 6.07) is 27.9. The van der Waals surface area contributed by atoms with E-state index in [-0.39, 0.29) is 17.6 Å². The van der Waals surface area contributed by atoms with Crippen molar-refractivity contribution in [1.29, 1.82) is 5.39 Å². The summed E-state index contributed by atoms with van der Waals surface area (Å²) >= 11 is 0. The molecule has 0 aromatic heterocycles. The first kappa shape index (κ1) is 19.8. The first-order valence-electron chi connectivity index (χ1n) is 9.19.